The lowest BCUT2D eigenvalue weighted by Crippen LogP contribution is -2.17. The van der Waals surface area contributed by atoms with Crippen molar-refractivity contribution in [1.29, 1.82) is 0 Å². The van der Waals surface area contributed by atoms with Crippen molar-refractivity contribution in [3.05, 3.63) is 30.2 Å². The molecule has 1 aliphatic rings. The molecule has 0 amide bonds. The van der Waals surface area contributed by atoms with Crippen molar-refractivity contribution >= 4 is 0 Å². The number of hydrogen-bond donors (Lipinski definition) is 1. The van der Waals surface area contributed by atoms with E-state index in [4.69, 9.17) is 15.0 Å². The molecule has 1 aromatic carbocycles. The van der Waals surface area contributed by atoms with E-state index in [-0.39, 0.29) is 0 Å². The van der Waals surface area contributed by atoms with Gasteiger partial charge in [0, 0.05) is 11.5 Å². The second-order valence-electron chi connectivity index (χ2n) is 5.45. The second-order valence-corrected chi connectivity index (χ2v) is 5.45. The summed E-state index contributed by atoms with van der Waals surface area (Å²) in [5.41, 5.74) is 6.74. The molecule has 1 heterocycles. The monoisotopic (exact) mass is 287 g/mol. The first-order chi connectivity index (χ1) is 10.3. The van der Waals surface area contributed by atoms with Crippen molar-refractivity contribution in [3.8, 4) is 17.1 Å². The van der Waals surface area contributed by atoms with Crippen molar-refractivity contribution in [2.75, 3.05) is 13.2 Å². The zero-order valence-corrected chi connectivity index (χ0v) is 12.3. The van der Waals surface area contributed by atoms with Crippen molar-refractivity contribution in [2.45, 2.75) is 32.1 Å². The fourth-order valence-corrected chi connectivity index (χ4v) is 3.04. The minimum atomic E-state index is 0.311. The summed E-state index contributed by atoms with van der Waals surface area (Å²) >= 11 is 0. The molecule has 1 fully saturated rings. The Morgan fingerprint density at radius 2 is 2.29 bits per heavy atom. The molecule has 2 unspecified atom stereocenters. The molecular weight excluding hydrogens is 266 g/mol. The van der Waals surface area contributed by atoms with Gasteiger partial charge in [0.15, 0.2) is 0 Å². The number of hydrogen-bond acceptors (Lipinski definition) is 5. The zero-order valence-electron chi connectivity index (χ0n) is 12.3. The van der Waals surface area contributed by atoms with Gasteiger partial charge in [-0.2, -0.15) is 4.98 Å². The van der Waals surface area contributed by atoms with Crippen LogP contribution in [-0.2, 0) is 0 Å². The summed E-state index contributed by atoms with van der Waals surface area (Å²) in [7, 11) is 0. The van der Waals surface area contributed by atoms with Gasteiger partial charge < -0.3 is 15.0 Å². The molecule has 2 N–H and O–H groups in total. The van der Waals surface area contributed by atoms with Gasteiger partial charge in [0.1, 0.15) is 5.75 Å². The van der Waals surface area contributed by atoms with Crippen LogP contribution in [0, 0.1) is 5.92 Å². The molecule has 0 aliphatic heterocycles. The first-order valence-electron chi connectivity index (χ1n) is 7.58. The Balaban J connectivity index is 1.83. The summed E-state index contributed by atoms with van der Waals surface area (Å²) in [6, 6.07) is 7.77. The highest BCUT2D eigenvalue weighted by atomic mass is 16.5. The van der Waals surface area contributed by atoms with Crippen LogP contribution in [0.2, 0.25) is 0 Å². The SMILES string of the molecule is CCOc1cccc(-c2noc(C3CCCC3CN)n2)c1. The van der Waals surface area contributed by atoms with E-state index in [1.54, 1.807) is 0 Å². The molecule has 2 aromatic rings. The summed E-state index contributed by atoms with van der Waals surface area (Å²) in [6.45, 7) is 3.29. The Bertz CT molecular complexity index is 597. The maximum absolute atomic E-state index is 5.83. The lowest BCUT2D eigenvalue weighted by Gasteiger charge is -2.12. The lowest BCUT2D eigenvalue weighted by atomic mass is 9.96. The molecule has 0 spiro atoms. The minimum absolute atomic E-state index is 0.311. The molecule has 5 heteroatoms. The fraction of sp³-hybridized carbons (Fsp3) is 0.500. The highest BCUT2D eigenvalue weighted by Crippen LogP contribution is 2.38. The first-order valence-corrected chi connectivity index (χ1v) is 7.58. The van der Waals surface area contributed by atoms with E-state index >= 15 is 0 Å². The molecule has 2 atom stereocenters. The summed E-state index contributed by atoms with van der Waals surface area (Å²) < 4.78 is 11.0. The van der Waals surface area contributed by atoms with Crippen LogP contribution in [0.1, 0.15) is 38.0 Å². The number of nitrogens with zero attached hydrogens (tertiary/aromatic N) is 2. The molecule has 0 bridgehead atoms. The summed E-state index contributed by atoms with van der Waals surface area (Å²) in [4.78, 5) is 4.57. The molecule has 0 radical (unpaired) electrons. The Kier molecular flexibility index (Phi) is 4.20. The predicted molar refractivity (Wildman–Crippen MR) is 80.0 cm³/mol. The van der Waals surface area contributed by atoms with Crippen LogP contribution < -0.4 is 10.5 Å². The molecule has 1 aromatic heterocycles. The highest BCUT2D eigenvalue weighted by Gasteiger charge is 2.32. The summed E-state index contributed by atoms with van der Waals surface area (Å²) in [6.07, 6.45) is 3.42. The van der Waals surface area contributed by atoms with Gasteiger partial charge in [0.05, 0.1) is 6.61 Å². The fourth-order valence-electron chi connectivity index (χ4n) is 3.04. The molecule has 1 aliphatic carbocycles. The third-order valence-corrected chi connectivity index (χ3v) is 4.12. The van der Waals surface area contributed by atoms with Gasteiger partial charge in [0.25, 0.3) is 0 Å². The topological polar surface area (TPSA) is 74.2 Å². The molecular formula is C16H21N3O2. The van der Waals surface area contributed by atoms with E-state index in [0.717, 1.165) is 30.0 Å². The lowest BCUT2D eigenvalue weighted by molar-refractivity contribution is 0.326. The Morgan fingerprint density at radius 3 is 3.10 bits per heavy atom. The van der Waals surface area contributed by atoms with Crippen LogP contribution in [0.3, 0.4) is 0 Å². The van der Waals surface area contributed by atoms with Crippen LogP contribution >= 0.6 is 0 Å². The van der Waals surface area contributed by atoms with E-state index in [9.17, 15) is 0 Å². The standard InChI is InChI=1S/C16H21N3O2/c1-2-20-13-7-3-5-11(9-13)15-18-16(21-19-15)14-8-4-6-12(14)10-17/h3,5,7,9,12,14H,2,4,6,8,10,17H2,1H3. The zero-order chi connectivity index (χ0) is 14.7. The molecule has 3 rings (SSSR count). The van der Waals surface area contributed by atoms with Gasteiger partial charge >= 0.3 is 0 Å². The smallest absolute Gasteiger partial charge is 0.230 e. The van der Waals surface area contributed by atoms with Crippen molar-refractivity contribution in [3.63, 3.8) is 0 Å². The van der Waals surface area contributed by atoms with E-state index in [0.29, 0.717) is 30.8 Å². The van der Waals surface area contributed by atoms with Gasteiger partial charge in [-0.3, -0.25) is 0 Å². The number of aromatic nitrogens is 2. The largest absolute Gasteiger partial charge is 0.494 e. The summed E-state index contributed by atoms with van der Waals surface area (Å²) in [5.74, 6) is 2.94. The van der Waals surface area contributed by atoms with Gasteiger partial charge in [-0.15, -0.1) is 0 Å². The second kappa shape index (κ2) is 6.26. The molecule has 112 valence electrons. The minimum Gasteiger partial charge on any atom is -0.494 e. The molecule has 5 nitrogen and oxygen atoms in total. The molecule has 21 heavy (non-hydrogen) atoms. The quantitative estimate of drug-likeness (QED) is 0.915. The Morgan fingerprint density at radius 1 is 1.38 bits per heavy atom. The number of benzene rings is 1. The van der Waals surface area contributed by atoms with E-state index in [2.05, 4.69) is 10.1 Å². The van der Waals surface area contributed by atoms with Crippen molar-refractivity contribution in [1.82, 2.24) is 10.1 Å². The maximum atomic E-state index is 5.83. The van der Waals surface area contributed by atoms with Gasteiger partial charge in [-0.25, -0.2) is 0 Å². The van der Waals surface area contributed by atoms with Gasteiger partial charge in [-0.05, 0) is 44.4 Å². The van der Waals surface area contributed by atoms with Gasteiger partial charge in [0.2, 0.25) is 11.7 Å². The maximum Gasteiger partial charge on any atom is 0.230 e. The summed E-state index contributed by atoms with van der Waals surface area (Å²) in [5, 5.41) is 4.12. The van der Waals surface area contributed by atoms with E-state index < -0.39 is 0 Å². The van der Waals surface area contributed by atoms with Crippen LogP contribution in [0.15, 0.2) is 28.8 Å². The normalized spacial score (nSPS) is 21.6. The third kappa shape index (κ3) is 2.93. The van der Waals surface area contributed by atoms with Crippen LogP contribution in [-0.4, -0.2) is 23.3 Å². The number of ether oxygens (including phenoxy) is 1. The van der Waals surface area contributed by atoms with Crippen molar-refractivity contribution < 1.29 is 9.26 Å². The average Bonchev–Trinajstić information content (AvgIpc) is 3.16. The molecule has 0 saturated heterocycles. The number of nitrogens with two attached hydrogens (primary N) is 1. The van der Waals surface area contributed by atoms with E-state index in [1.807, 2.05) is 31.2 Å². The highest BCUT2D eigenvalue weighted by molar-refractivity contribution is 5.56. The number of rotatable bonds is 5. The average molecular weight is 287 g/mol. The van der Waals surface area contributed by atoms with Crippen LogP contribution in [0.5, 0.6) is 5.75 Å². The van der Waals surface area contributed by atoms with Crippen LogP contribution in [0.4, 0.5) is 0 Å². The third-order valence-electron chi connectivity index (χ3n) is 4.12. The molecule has 1 saturated carbocycles. The van der Waals surface area contributed by atoms with Crippen LogP contribution in [0.25, 0.3) is 11.4 Å². The Hall–Kier alpha value is -1.88. The Labute approximate surface area is 124 Å². The first kappa shape index (κ1) is 14.1. The predicted octanol–water partition coefficient (Wildman–Crippen LogP) is 2.98. The van der Waals surface area contributed by atoms with Crippen molar-refractivity contribution in [2.24, 2.45) is 11.7 Å². The van der Waals surface area contributed by atoms with E-state index in [1.165, 1.54) is 6.42 Å². The van der Waals surface area contributed by atoms with Gasteiger partial charge in [-0.1, -0.05) is 23.7 Å².